The van der Waals surface area contributed by atoms with Gasteiger partial charge in [0.15, 0.2) is 0 Å². The molecule has 7 heteroatoms. The van der Waals surface area contributed by atoms with E-state index in [9.17, 15) is 4.79 Å². The highest BCUT2D eigenvalue weighted by molar-refractivity contribution is 5.94. The van der Waals surface area contributed by atoms with Crippen LogP contribution >= 0.6 is 0 Å². The first kappa shape index (κ1) is 20.6. The number of aryl methyl sites for hydroxylation is 2. The summed E-state index contributed by atoms with van der Waals surface area (Å²) in [6.45, 7) is 10.1. The zero-order chi connectivity index (χ0) is 21.1. The highest BCUT2D eigenvalue weighted by atomic mass is 16.1. The molecule has 0 radical (unpaired) electrons. The lowest BCUT2D eigenvalue weighted by molar-refractivity contribution is 0.0930. The summed E-state index contributed by atoms with van der Waals surface area (Å²) in [5.41, 5.74) is 1.62. The number of carbonyl (C=O) groups is 1. The molecule has 1 N–H and O–H groups in total. The lowest BCUT2D eigenvalue weighted by Crippen LogP contribution is -2.45. The number of anilines is 2. The number of nitrogens with zero attached hydrogens (tertiary/aromatic N) is 5. The minimum Gasteiger partial charge on any atom is -0.357 e. The van der Waals surface area contributed by atoms with Gasteiger partial charge in [0.1, 0.15) is 17.5 Å². The van der Waals surface area contributed by atoms with E-state index in [1.165, 1.54) is 12.8 Å². The fourth-order valence-electron chi connectivity index (χ4n) is 4.33. The molecule has 2 saturated heterocycles. The third-order valence-electron chi connectivity index (χ3n) is 6.22. The van der Waals surface area contributed by atoms with Gasteiger partial charge in [-0.2, -0.15) is 0 Å². The van der Waals surface area contributed by atoms with E-state index in [0.29, 0.717) is 5.56 Å². The Hall–Kier alpha value is -2.70. The van der Waals surface area contributed by atoms with Crippen molar-refractivity contribution in [1.82, 2.24) is 20.3 Å². The minimum atomic E-state index is -0.0338. The van der Waals surface area contributed by atoms with Crippen LogP contribution in [0.5, 0.6) is 0 Å². The Kier molecular flexibility index (Phi) is 6.16. The molecule has 30 heavy (non-hydrogen) atoms. The van der Waals surface area contributed by atoms with Crippen LogP contribution in [0.3, 0.4) is 0 Å². The first-order chi connectivity index (χ1) is 14.5. The van der Waals surface area contributed by atoms with Gasteiger partial charge < -0.3 is 15.1 Å². The number of nitrogens with one attached hydrogen (secondary N) is 1. The molecule has 2 fully saturated rings. The maximum Gasteiger partial charge on any atom is 0.253 e. The lowest BCUT2D eigenvalue weighted by atomic mass is 9.99. The van der Waals surface area contributed by atoms with Gasteiger partial charge in [-0.3, -0.25) is 4.79 Å². The normalized spacial score (nSPS) is 18.5. The van der Waals surface area contributed by atoms with Gasteiger partial charge in [0, 0.05) is 50.2 Å². The topological polar surface area (TPSA) is 74.2 Å². The summed E-state index contributed by atoms with van der Waals surface area (Å²) in [4.78, 5) is 30.7. The molecular weight excluding hydrogens is 376 g/mol. The molecule has 0 aromatic carbocycles. The van der Waals surface area contributed by atoms with E-state index >= 15 is 0 Å². The first-order valence-corrected chi connectivity index (χ1v) is 11.1. The van der Waals surface area contributed by atoms with Crippen LogP contribution in [0.15, 0.2) is 24.4 Å². The second-order valence-electron chi connectivity index (χ2n) is 8.72. The number of piperidine rings is 2. The van der Waals surface area contributed by atoms with Crippen molar-refractivity contribution >= 4 is 17.5 Å². The van der Waals surface area contributed by atoms with E-state index in [2.05, 4.69) is 37.0 Å². The van der Waals surface area contributed by atoms with Gasteiger partial charge in [-0.1, -0.05) is 6.92 Å². The molecule has 0 bridgehead atoms. The SMILES string of the molecule is Cc1cc(N2CCC(NC(=O)c3ccc(N4CCC(C)CC4)nc3)CC2)nc(C)n1. The van der Waals surface area contributed by atoms with Crippen molar-refractivity contribution in [2.24, 2.45) is 5.92 Å². The Bertz CT molecular complexity index is 848. The fraction of sp³-hybridized carbons (Fsp3) is 0.565. The van der Waals surface area contributed by atoms with Crippen molar-refractivity contribution < 1.29 is 4.79 Å². The maximum absolute atomic E-state index is 12.7. The zero-order valence-corrected chi connectivity index (χ0v) is 18.3. The van der Waals surface area contributed by atoms with Crippen LogP contribution in [0.2, 0.25) is 0 Å². The standard InChI is InChI=1S/C23H32N6O/c1-16-6-10-28(11-7-16)21-5-4-19(15-24-21)23(30)27-20-8-12-29(13-9-20)22-14-17(2)25-18(3)26-22/h4-5,14-16,20H,6-13H2,1-3H3,(H,27,30). The number of pyridine rings is 1. The molecule has 2 aromatic rings. The molecular formula is C23H32N6O. The second-order valence-corrected chi connectivity index (χ2v) is 8.72. The Balaban J connectivity index is 1.29. The quantitative estimate of drug-likeness (QED) is 0.838. The van der Waals surface area contributed by atoms with E-state index in [0.717, 1.165) is 68.1 Å². The summed E-state index contributed by atoms with van der Waals surface area (Å²) in [5, 5.41) is 3.18. The Labute approximate surface area is 178 Å². The molecule has 2 aliphatic rings. The van der Waals surface area contributed by atoms with Crippen LogP contribution in [0, 0.1) is 19.8 Å². The van der Waals surface area contributed by atoms with Crippen molar-refractivity contribution in [3.63, 3.8) is 0 Å². The van der Waals surface area contributed by atoms with Crippen molar-refractivity contribution in [2.75, 3.05) is 36.0 Å². The van der Waals surface area contributed by atoms with Crippen LogP contribution in [0.4, 0.5) is 11.6 Å². The number of aromatic nitrogens is 3. The number of carbonyl (C=O) groups excluding carboxylic acids is 1. The maximum atomic E-state index is 12.7. The molecule has 1 amide bonds. The number of hydrogen-bond acceptors (Lipinski definition) is 6. The van der Waals surface area contributed by atoms with Gasteiger partial charge in [0.2, 0.25) is 0 Å². The van der Waals surface area contributed by atoms with Crippen molar-refractivity contribution in [1.29, 1.82) is 0 Å². The molecule has 4 heterocycles. The average Bonchev–Trinajstić information content (AvgIpc) is 2.74. The highest BCUT2D eigenvalue weighted by Gasteiger charge is 2.23. The molecule has 4 rings (SSSR count). The van der Waals surface area contributed by atoms with E-state index in [-0.39, 0.29) is 11.9 Å². The molecule has 7 nitrogen and oxygen atoms in total. The summed E-state index contributed by atoms with van der Waals surface area (Å²) in [5.74, 6) is 3.52. The summed E-state index contributed by atoms with van der Waals surface area (Å²) in [6.07, 6.45) is 5.94. The summed E-state index contributed by atoms with van der Waals surface area (Å²) in [6, 6.07) is 6.09. The van der Waals surface area contributed by atoms with Gasteiger partial charge in [-0.05, 0) is 57.6 Å². The van der Waals surface area contributed by atoms with Crippen molar-refractivity contribution in [3.05, 3.63) is 41.5 Å². The molecule has 0 atom stereocenters. The van der Waals surface area contributed by atoms with E-state index < -0.39 is 0 Å². The monoisotopic (exact) mass is 408 g/mol. The van der Waals surface area contributed by atoms with E-state index in [1.54, 1.807) is 6.20 Å². The molecule has 2 aromatic heterocycles. The second kappa shape index (κ2) is 8.98. The summed E-state index contributed by atoms with van der Waals surface area (Å²) < 4.78 is 0. The van der Waals surface area contributed by atoms with E-state index in [1.807, 2.05) is 32.0 Å². The Morgan fingerprint density at radius 3 is 2.27 bits per heavy atom. The fourth-order valence-corrected chi connectivity index (χ4v) is 4.33. The molecule has 0 aliphatic carbocycles. The van der Waals surface area contributed by atoms with Crippen LogP contribution in [-0.2, 0) is 0 Å². The third kappa shape index (κ3) is 4.89. The molecule has 0 unspecified atom stereocenters. The van der Waals surface area contributed by atoms with Gasteiger partial charge in [0.05, 0.1) is 5.56 Å². The van der Waals surface area contributed by atoms with Gasteiger partial charge >= 0.3 is 0 Å². The van der Waals surface area contributed by atoms with Crippen molar-refractivity contribution in [2.45, 2.75) is 52.5 Å². The van der Waals surface area contributed by atoms with E-state index in [4.69, 9.17) is 0 Å². The van der Waals surface area contributed by atoms with Crippen LogP contribution in [0.1, 0.15) is 54.5 Å². The predicted octanol–water partition coefficient (Wildman–Crippen LogP) is 3.12. The van der Waals surface area contributed by atoms with Crippen LogP contribution in [0.25, 0.3) is 0 Å². The molecule has 160 valence electrons. The highest BCUT2D eigenvalue weighted by Crippen LogP contribution is 2.22. The molecule has 0 saturated carbocycles. The van der Waals surface area contributed by atoms with Gasteiger partial charge in [0.25, 0.3) is 5.91 Å². The van der Waals surface area contributed by atoms with Gasteiger partial charge in [-0.15, -0.1) is 0 Å². The smallest absolute Gasteiger partial charge is 0.253 e. The number of hydrogen-bond donors (Lipinski definition) is 1. The first-order valence-electron chi connectivity index (χ1n) is 11.1. The summed E-state index contributed by atoms with van der Waals surface area (Å²) in [7, 11) is 0. The molecule has 0 spiro atoms. The lowest BCUT2D eigenvalue weighted by Gasteiger charge is -2.33. The largest absolute Gasteiger partial charge is 0.357 e. The van der Waals surface area contributed by atoms with Gasteiger partial charge in [-0.25, -0.2) is 15.0 Å². The summed E-state index contributed by atoms with van der Waals surface area (Å²) >= 11 is 0. The van der Waals surface area contributed by atoms with Crippen LogP contribution < -0.4 is 15.1 Å². The zero-order valence-electron chi connectivity index (χ0n) is 18.3. The third-order valence-corrected chi connectivity index (χ3v) is 6.22. The predicted molar refractivity (Wildman–Crippen MR) is 119 cm³/mol. The van der Waals surface area contributed by atoms with Crippen LogP contribution in [-0.4, -0.2) is 53.1 Å². The molecule has 2 aliphatic heterocycles. The number of amides is 1. The Morgan fingerprint density at radius 1 is 0.967 bits per heavy atom. The Morgan fingerprint density at radius 2 is 1.63 bits per heavy atom. The van der Waals surface area contributed by atoms with Crippen molar-refractivity contribution in [3.8, 4) is 0 Å². The minimum absolute atomic E-state index is 0.0338. The average molecular weight is 409 g/mol. The number of rotatable bonds is 4.